The lowest BCUT2D eigenvalue weighted by Crippen LogP contribution is -2.41. The summed E-state index contributed by atoms with van der Waals surface area (Å²) in [5, 5.41) is 15.4. The number of aliphatic hydroxyl groups excluding tert-OH is 1. The van der Waals surface area contributed by atoms with Crippen molar-refractivity contribution in [2.45, 2.75) is 19.1 Å². The Hall–Kier alpha value is -1.66. The Morgan fingerprint density at radius 3 is 3.05 bits per heavy atom. The van der Waals surface area contributed by atoms with Gasteiger partial charge in [0, 0.05) is 31.6 Å². The van der Waals surface area contributed by atoms with Gasteiger partial charge in [-0.3, -0.25) is 4.79 Å². The zero-order valence-electron chi connectivity index (χ0n) is 11.3. The molecule has 5 nitrogen and oxygen atoms in total. The average molecular weight is 282 g/mol. The number of ether oxygens (including phenoxy) is 1. The number of carbonyl (C=O) groups excluding carboxylic acids is 1. The van der Waals surface area contributed by atoms with Crippen molar-refractivity contribution in [2.24, 2.45) is 5.92 Å². The number of nitrogens with one attached hydrogen (secondary N) is 2. The van der Waals surface area contributed by atoms with Crippen LogP contribution in [0.2, 0.25) is 0 Å². The summed E-state index contributed by atoms with van der Waals surface area (Å²) in [6.45, 7) is 3.23. The third-order valence-corrected chi connectivity index (χ3v) is 3.32. The lowest BCUT2D eigenvalue weighted by atomic mass is 10.1. The number of hydrogen-bond acceptors (Lipinski definition) is 4. The molecular formula is C14H19FN2O3. The summed E-state index contributed by atoms with van der Waals surface area (Å²) in [7, 11) is 0. The van der Waals surface area contributed by atoms with E-state index in [1.54, 1.807) is 13.0 Å². The van der Waals surface area contributed by atoms with Crippen molar-refractivity contribution in [3.63, 3.8) is 0 Å². The molecule has 0 radical (unpaired) electrons. The van der Waals surface area contributed by atoms with Gasteiger partial charge in [0.2, 0.25) is 0 Å². The van der Waals surface area contributed by atoms with E-state index in [0.29, 0.717) is 25.4 Å². The molecule has 0 saturated carbocycles. The molecule has 110 valence electrons. The van der Waals surface area contributed by atoms with Crippen LogP contribution in [0.5, 0.6) is 5.75 Å². The Bertz CT molecular complexity index is 469. The number of β-amino-alcohol motifs (C(OH)–C–C–N with tert-alkyl or cyclic N) is 1. The van der Waals surface area contributed by atoms with E-state index in [1.807, 2.05) is 0 Å². The topological polar surface area (TPSA) is 70.6 Å². The fourth-order valence-corrected chi connectivity index (χ4v) is 2.10. The molecule has 0 spiro atoms. The molecule has 1 amide bonds. The Morgan fingerprint density at radius 1 is 1.60 bits per heavy atom. The van der Waals surface area contributed by atoms with Gasteiger partial charge in [-0.1, -0.05) is 6.07 Å². The van der Waals surface area contributed by atoms with Crippen molar-refractivity contribution < 1.29 is 19.0 Å². The van der Waals surface area contributed by atoms with Gasteiger partial charge in [0.1, 0.15) is 11.6 Å². The number of aliphatic hydroxyl groups is 1. The number of carbonyl (C=O) groups is 1. The van der Waals surface area contributed by atoms with Crippen LogP contribution >= 0.6 is 0 Å². The standard InChI is InChI=1S/C14H19FN2O3/c1-9(20-12-4-2-3-11(15)5-12)14(19)17-7-10-6-16-8-13(10)18/h2-5,9-10,13,16,18H,6-8H2,1H3,(H,17,19). The van der Waals surface area contributed by atoms with Crippen LogP contribution in [0.3, 0.4) is 0 Å². The van der Waals surface area contributed by atoms with E-state index >= 15 is 0 Å². The third-order valence-electron chi connectivity index (χ3n) is 3.32. The molecule has 1 aliphatic rings. The molecule has 1 aromatic carbocycles. The van der Waals surface area contributed by atoms with Crippen LogP contribution in [-0.4, -0.2) is 42.9 Å². The highest BCUT2D eigenvalue weighted by Crippen LogP contribution is 2.14. The second-order valence-electron chi connectivity index (χ2n) is 4.95. The minimum absolute atomic E-state index is 0.0142. The Balaban J connectivity index is 1.80. The van der Waals surface area contributed by atoms with Gasteiger partial charge in [0.15, 0.2) is 6.10 Å². The van der Waals surface area contributed by atoms with Crippen LogP contribution in [0.1, 0.15) is 6.92 Å². The largest absolute Gasteiger partial charge is 0.481 e. The quantitative estimate of drug-likeness (QED) is 0.726. The summed E-state index contributed by atoms with van der Waals surface area (Å²) in [6.07, 6.45) is -1.15. The first-order valence-corrected chi connectivity index (χ1v) is 6.65. The predicted octanol–water partition coefficient (Wildman–Crippen LogP) is 0.289. The molecule has 1 aliphatic heterocycles. The molecular weight excluding hydrogens is 263 g/mol. The number of halogens is 1. The zero-order valence-corrected chi connectivity index (χ0v) is 11.3. The summed E-state index contributed by atoms with van der Waals surface area (Å²) in [5.74, 6) is -0.362. The van der Waals surface area contributed by atoms with Crippen molar-refractivity contribution in [1.82, 2.24) is 10.6 Å². The maximum Gasteiger partial charge on any atom is 0.260 e. The number of amides is 1. The molecule has 0 aliphatic carbocycles. The summed E-state index contributed by atoms with van der Waals surface area (Å²) < 4.78 is 18.4. The monoisotopic (exact) mass is 282 g/mol. The second-order valence-corrected chi connectivity index (χ2v) is 4.95. The molecule has 0 bridgehead atoms. The van der Waals surface area contributed by atoms with E-state index < -0.39 is 18.0 Å². The summed E-state index contributed by atoms with van der Waals surface area (Å²) >= 11 is 0. The first kappa shape index (κ1) is 14.7. The Kier molecular flexibility index (Phi) is 4.92. The van der Waals surface area contributed by atoms with Gasteiger partial charge < -0.3 is 20.5 Å². The summed E-state index contributed by atoms with van der Waals surface area (Å²) in [4.78, 5) is 11.9. The smallest absolute Gasteiger partial charge is 0.260 e. The molecule has 0 aromatic heterocycles. The van der Waals surface area contributed by atoms with Gasteiger partial charge in [0.05, 0.1) is 6.10 Å². The summed E-state index contributed by atoms with van der Waals surface area (Å²) in [5.41, 5.74) is 0. The maximum absolute atomic E-state index is 13.0. The van der Waals surface area contributed by atoms with Crippen molar-refractivity contribution >= 4 is 5.91 Å². The van der Waals surface area contributed by atoms with E-state index in [2.05, 4.69) is 10.6 Å². The second kappa shape index (κ2) is 6.67. The third kappa shape index (κ3) is 3.91. The first-order valence-electron chi connectivity index (χ1n) is 6.65. The molecule has 1 heterocycles. The van der Waals surface area contributed by atoms with Crippen LogP contribution < -0.4 is 15.4 Å². The van der Waals surface area contributed by atoms with Crippen molar-refractivity contribution in [3.8, 4) is 5.75 Å². The zero-order chi connectivity index (χ0) is 14.5. The van der Waals surface area contributed by atoms with E-state index in [-0.39, 0.29) is 11.8 Å². The molecule has 1 aromatic rings. The molecule has 1 saturated heterocycles. The molecule has 3 atom stereocenters. The number of benzene rings is 1. The van der Waals surface area contributed by atoms with Crippen molar-refractivity contribution in [3.05, 3.63) is 30.1 Å². The molecule has 3 N–H and O–H groups in total. The van der Waals surface area contributed by atoms with Crippen LogP contribution in [0.4, 0.5) is 4.39 Å². The minimum Gasteiger partial charge on any atom is -0.481 e. The molecule has 1 fully saturated rings. The first-order chi connectivity index (χ1) is 9.56. The van der Waals surface area contributed by atoms with Crippen LogP contribution in [-0.2, 0) is 4.79 Å². The van der Waals surface area contributed by atoms with Crippen molar-refractivity contribution in [1.29, 1.82) is 0 Å². The van der Waals surface area contributed by atoms with Crippen LogP contribution in [0.25, 0.3) is 0 Å². The van der Waals surface area contributed by atoms with Gasteiger partial charge in [0.25, 0.3) is 5.91 Å². The van der Waals surface area contributed by atoms with Crippen molar-refractivity contribution in [2.75, 3.05) is 19.6 Å². The van der Waals surface area contributed by atoms with Crippen LogP contribution in [0, 0.1) is 11.7 Å². The van der Waals surface area contributed by atoms with Crippen LogP contribution in [0.15, 0.2) is 24.3 Å². The highest BCUT2D eigenvalue weighted by molar-refractivity contribution is 5.80. The van der Waals surface area contributed by atoms with Gasteiger partial charge in [-0.25, -0.2) is 4.39 Å². The van der Waals surface area contributed by atoms with E-state index in [4.69, 9.17) is 4.74 Å². The summed E-state index contributed by atoms with van der Waals surface area (Å²) in [6, 6.07) is 5.66. The van der Waals surface area contributed by atoms with E-state index in [0.717, 1.165) is 0 Å². The Labute approximate surface area is 117 Å². The maximum atomic E-state index is 13.0. The highest BCUT2D eigenvalue weighted by atomic mass is 19.1. The molecule has 20 heavy (non-hydrogen) atoms. The number of rotatable bonds is 5. The predicted molar refractivity (Wildman–Crippen MR) is 71.9 cm³/mol. The van der Waals surface area contributed by atoms with E-state index in [1.165, 1.54) is 18.2 Å². The molecule has 2 rings (SSSR count). The minimum atomic E-state index is -0.719. The fourth-order valence-electron chi connectivity index (χ4n) is 2.10. The number of hydrogen-bond donors (Lipinski definition) is 3. The van der Waals surface area contributed by atoms with Gasteiger partial charge >= 0.3 is 0 Å². The SMILES string of the molecule is CC(Oc1cccc(F)c1)C(=O)NCC1CNCC1O. The lowest BCUT2D eigenvalue weighted by Gasteiger charge is -2.18. The highest BCUT2D eigenvalue weighted by Gasteiger charge is 2.26. The lowest BCUT2D eigenvalue weighted by molar-refractivity contribution is -0.127. The Morgan fingerprint density at radius 2 is 2.40 bits per heavy atom. The fraction of sp³-hybridized carbons (Fsp3) is 0.500. The molecule has 6 heteroatoms. The van der Waals surface area contributed by atoms with Gasteiger partial charge in [-0.2, -0.15) is 0 Å². The van der Waals surface area contributed by atoms with E-state index in [9.17, 15) is 14.3 Å². The normalized spacial score (nSPS) is 23.4. The van der Waals surface area contributed by atoms with Gasteiger partial charge in [-0.05, 0) is 19.1 Å². The van der Waals surface area contributed by atoms with Gasteiger partial charge in [-0.15, -0.1) is 0 Å². The molecule has 3 unspecified atom stereocenters. The average Bonchev–Trinajstić information content (AvgIpc) is 2.81.